The molecule has 0 radical (unpaired) electrons. The molecule has 98 valence electrons. The number of rotatable bonds is 4. The van der Waals surface area contributed by atoms with Crippen LogP contribution in [-0.4, -0.2) is 13.1 Å². The van der Waals surface area contributed by atoms with Gasteiger partial charge in [-0.3, -0.25) is 0 Å². The molecule has 1 atom stereocenters. The van der Waals surface area contributed by atoms with E-state index in [-0.39, 0.29) is 0 Å². The van der Waals surface area contributed by atoms with E-state index >= 15 is 0 Å². The lowest BCUT2D eigenvalue weighted by atomic mass is 9.82. The minimum absolute atomic E-state index is 0.531. The van der Waals surface area contributed by atoms with E-state index in [1.807, 2.05) is 0 Å². The van der Waals surface area contributed by atoms with E-state index in [0.717, 1.165) is 5.92 Å². The van der Waals surface area contributed by atoms with Gasteiger partial charge in [-0.1, -0.05) is 25.1 Å². The third kappa shape index (κ3) is 2.47. The Hall–Kier alpha value is -0.820. The molecule has 1 heteroatoms. The van der Waals surface area contributed by atoms with Crippen LogP contribution in [0.15, 0.2) is 18.2 Å². The molecule has 1 aromatic carbocycles. The van der Waals surface area contributed by atoms with Crippen LogP contribution in [0, 0.1) is 12.3 Å². The Morgan fingerprint density at radius 3 is 2.83 bits per heavy atom. The molecule has 1 saturated heterocycles. The molecule has 1 N–H and O–H groups in total. The van der Waals surface area contributed by atoms with E-state index < -0.39 is 0 Å². The van der Waals surface area contributed by atoms with Gasteiger partial charge in [-0.25, -0.2) is 0 Å². The smallest absolute Gasteiger partial charge is 0.000575 e. The topological polar surface area (TPSA) is 12.0 Å². The van der Waals surface area contributed by atoms with Crippen molar-refractivity contribution in [3.63, 3.8) is 0 Å². The first-order valence-electron chi connectivity index (χ1n) is 7.47. The lowest BCUT2D eigenvalue weighted by Gasteiger charge is -2.24. The average molecular weight is 243 g/mol. The zero-order valence-electron chi connectivity index (χ0n) is 11.8. The fraction of sp³-hybridized carbons (Fsp3) is 0.647. The molecule has 1 aliphatic heterocycles. The Bertz CT molecular complexity index is 425. The van der Waals surface area contributed by atoms with Crippen LogP contribution in [0.5, 0.6) is 0 Å². The Balaban J connectivity index is 1.75. The second-order valence-electron chi connectivity index (χ2n) is 6.65. The molecule has 1 nitrogen and oxygen atoms in total. The second-order valence-corrected chi connectivity index (χ2v) is 6.65. The van der Waals surface area contributed by atoms with Gasteiger partial charge in [0.25, 0.3) is 0 Å². The number of benzene rings is 1. The Kier molecular flexibility index (Phi) is 3.19. The van der Waals surface area contributed by atoms with E-state index in [9.17, 15) is 0 Å². The summed E-state index contributed by atoms with van der Waals surface area (Å²) in [6, 6.07) is 6.90. The van der Waals surface area contributed by atoms with Crippen LogP contribution in [0.1, 0.15) is 55.2 Å². The summed E-state index contributed by atoms with van der Waals surface area (Å²) in [4.78, 5) is 0. The average Bonchev–Trinajstić information content (AvgIpc) is 3.11. The van der Waals surface area contributed by atoms with Gasteiger partial charge in [0.05, 0.1) is 0 Å². The summed E-state index contributed by atoms with van der Waals surface area (Å²) >= 11 is 0. The molecule has 0 spiro atoms. The Morgan fingerprint density at radius 1 is 1.33 bits per heavy atom. The van der Waals surface area contributed by atoms with Gasteiger partial charge in [-0.2, -0.15) is 0 Å². The lowest BCUT2D eigenvalue weighted by Crippen LogP contribution is -2.21. The maximum absolute atomic E-state index is 3.51. The van der Waals surface area contributed by atoms with Gasteiger partial charge < -0.3 is 5.32 Å². The molecule has 2 fully saturated rings. The van der Waals surface area contributed by atoms with Gasteiger partial charge >= 0.3 is 0 Å². The maximum Gasteiger partial charge on any atom is 0.000575 e. The number of hydrogen-bond donors (Lipinski definition) is 1. The van der Waals surface area contributed by atoms with Crippen molar-refractivity contribution in [2.24, 2.45) is 5.41 Å². The third-order valence-electron chi connectivity index (χ3n) is 4.90. The molecule has 2 aliphatic rings. The van der Waals surface area contributed by atoms with Crippen molar-refractivity contribution in [2.45, 2.75) is 51.9 Å². The minimum atomic E-state index is 0.531. The fourth-order valence-corrected chi connectivity index (χ4v) is 3.35. The normalized spacial score (nSPS) is 27.7. The van der Waals surface area contributed by atoms with Crippen molar-refractivity contribution in [3.05, 3.63) is 34.9 Å². The Labute approximate surface area is 111 Å². The molecule has 1 aromatic rings. The Morgan fingerprint density at radius 2 is 2.17 bits per heavy atom. The van der Waals surface area contributed by atoms with Crippen LogP contribution >= 0.6 is 0 Å². The van der Waals surface area contributed by atoms with E-state index in [2.05, 4.69) is 37.4 Å². The van der Waals surface area contributed by atoms with Gasteiger partial charge in [0.2, 0.25) is 0 Å². The molecular formula is C17H25N. The highest BCUT2D eigenvalue weighted by molar-refractivity contribution is 5.39. The number of aryl methyl sites for hydroxylation is 1. The number of hydrogen-bond acceptors (Lipinski definition) is 1. The maximum atomic E-state index is 3.51. The zero-order valence-corrected chi connectivity index (χ0v) is 11.8. The quantitative estimate of drug-likeness (QED) is 0.848. The summed E-state index contributed by atoms with van der Waals surface area (Å²) in [5.74, 6) is 0.884. The molecule has 3 rings (SSSR count). The van der Waals surface area contributed by atoms with Crippen molar-refractivity contribution in [1.29, 1.82) is 0 Å². The van der Waals surface area contributed by atoms with Crippen LogP contribution in [0.2, 0.25) is 0 Å². The summed E-state index contributed by atoms with van der Waals surface area (Å²) in [7, 11) is 0. The molecule has 0 amide bonds. The van der Waals surface area contributed by atoms with Crippen molar-refractivity contribution in [2.75, 3.05) is 13.1 Å². The molecule has 18 heavy (non-hydrogen) atoms. The molecule has 0 bridgehead atoms. The summed E-state index contributed by atoms with van der Waals surface area (Å²) < 4.78 is 0. The second kappa shape index (κ2) is 4.70. The van der Waals surface area contributed by atoms with E-state index in [4.69, 9.17) is 0 Å². The summed E-state index contributed by atoms with van der Waals surface area (Å²) in [6.45, 7) is 7.15. The SMILES string of the molecule is Cc1cccc(C2CC2)c1CCC1(C)CCNC1. The van der Waals surface area contributed by atoms with Crippen molar-refractivity contribution in [1.82, 2.24) is 5.32 Å². The van der Waals surface area contributed by atoms with Crippen molar-refractivity contribution in [3.8, 4) is 0 Å². The van der Waals surface area contributed by atoms with Gasteiger partial charge in [-0.15, -0.1) is 0 Å². The fourth-order valence-electron chi connectivity index (χ4n) is 3.35. The van der Waals surface area contributed by atoms with Crippen LogP contribution in [0.25, 0.3) is 0 Å². The first-order chi connectivity index (χ1) is 8.68. The van der Waals surface area contributed by atoms with E-state index in [1.165, 1.54) is 50.8 Å². The minimum Gasteiger partial charge on any atom is -0.316 e. The molecule has 1 saturated carbocycles. The van der Waals surface area contributed by atoms with Gasteiger partial charge in [0.1, 0.15) is 0 Å². The first kappa shape index (κ1) is 12.2. The zero-order chi connectivity index (χ0) is 12.6. The molecular weight excluding hydrogens is 218 g/mol. The summed E-state index contributed by atoms with van der Waals surface area (Å²) in [6.07, 6.45) is 6.78. The van der Waals surface area contributed by atoms with Crippen LogP contribution in [0.3, 0.4) is 0 Å². The predicted molar refractivity (Wildman–Crippen MR) is 77.1 cm³/mol. The van der Waals surface area contributed by atoms with E-state index in [1.54, 1.807) is 11.1 Å². The van der Waals surface area contributed by atoms with Crippen LogP contribution in [0.4, 0.5) is 0 Å². The van der Waals surface area contributed by atoms with E-state index in [0.29, 0.717) is 5.41 Å². The third-order valence-corrected chi connectivity index (χ3v) is 4.90. The predicted octanol–water partition coefficient (Wildman–Crippen LogP) is 3.80. The monoisotopic (exact) mass is 243 g/mol. The number of nitrogens with one attached hydrogen (secondary N) is 1. The van der Waals surface area contributed by atoms with Gasteiger partial charge in [0.15, 0.2) is 0 Å². The highest BCUT2D eigenvalue weighted by Crippen LogP contribution is 2.43. The first-order valence-corrected chi connectivity index (χ1v) is 7.47. The van der Waals surface area contributed by atoms with Crippen LogP contribution < -0.4 is 5.32 Å². The van der Waals surface area contributed by atoms with Gasteiger partial charge in [0, 0.05) is 6.54 Å². The van der Waals surface area contributed by atoms with Crippen molar-refractivity contribution >= 4 is 0 Å². The summed E-state index contributed by atoms with van der Waals surface area (Å²) in [5.41, 5.74) is 5.36. The molecule has 1 aliphatic carbocycles. The molecule has 0 aromatic heterocycles. The molecule has 1 heterocycles. The standard InChI is InChI=1S/C17H25N/c1-13-4-3-5-16(14-6-7-14)15(13)8-9-17(2)10-11-18-12-17/h3-5,14,18H,6-12H2,1-2H3. The lowest BCUT2D eigenvalue weighted by molar-refractivity contribution is 0.334. The summed E-state index contributed by atoms with van der Waals surface area (Å²) in [5, 5.41) is 3.51. The van der Waals surface area contributed by atoms with Crippen molar-refractivity contribution < 1.29 is 0 Å². The highest BCUT2D eigenvalue weighted by Gasteiger charge is 2.30. The van der Waals surface area contributed by atoms with Gasteiger partial charge in [-0.05, 0) is 73.6 Å². The largest absolute Gasteiger partial charge is 0.316 e. The van der Waals surface area contributed by atoms with Crippen LogP contribution in [-0.2, 0) is 6.42 Å². The molecule has 1 unspecified atom stereocenters. The highest BCUT2D eigenvalue weighted by atomic mass is 14.9.